The smallest absolute Gasteiger partial charge is 0.306 e. The number of hydrogen-bond acceptors (Lipinski definition) is 6. The van der Waals surface area contributed by atoms with Gasteiger partial charge in [0.25, 0.3) is 0 Å². The van der Waals surface area contributed by atoms with Crippen molar-refractivity contribution < 1.29 is 28.6 Å². The number of rotatable bonds is 44. The highest BCUT2D eigenvalue weighted by molar-refractivity contribution is 5.71. The summed E-state index contributed by atoms with van der Waals surface area (Å²) in [6.45, 7) is 6.45. The number of hydrogen-bond donors (Lipinski definition) is 0. The van der Waals surface area contributed by atoms with Gasteiger partial charge in [0, 0.05) is 19.3 Å². The molecule has 0 radical (unpaired) electrons. The molecule has 0 rings (SSSR count). The lowest BCUT2D eigenvalue weighted by molar-refractivity contribution is -0.167. The standard InChI is InChI=1S/C53H92O6/c1-4-7-10-13-16-19-22-24-26-28-31-34-37-40-43-46-52(55)58-49-50(48-57-51(54)45-42-39-36-33-30-21-18-15-12-9-6-3)59-53(56)47-44-41-38-35-32-29-27-25-23-20-17-14-11-8-5-2/h8,11,15,17-18,20,24-27,50H,4-7,9-10,12-14,16,19,21-23,28-49H2,1-3H3/b11-8-,18-15-,20-17-,26-24-,27-25-/t50-/m0/s1. The molecular formula is C53H92O6. The first-order chi connectivity index (χ1) is 29.0. The summed E-state index contributed by atoms with van der Waals surface area (Å²) in [5, 5.41) is 0. The van der Waals surface area contributed by atoms with Gasteiger partial charge in [0.1, 0.15) is 13.2 Å². The van der Waals surface area contributed by atoms with Crippen LogP contribution in [0.5, 0.6) is 0 Å². The van der Waals surface area contributed by atoms with E-state index in [0.717, 1.165) is 109 Å². The molecule has 0 amide bonds. The molecule has 0 bridgehead atoms. The molecule has 0 aromatic carbocycles. The van der Waals surface area contributed by atoms with Gasteiger partial charge in [0.2, 0.25) is 0 Å². The maximum absolute atomic E-state index is 12.8. The Hall–Kier alpha value is -2.89. The van der Waals surface area contributed by atoms with Gasteiger partial charge in [-0.15, -0.1) is 0 Å². The van der Waals surface area contributed by atoms with E-state index in [9.17, 15) is 14.4 Å². The van der Waals surface area contributed by atoms with Crippen LogP contribution in [0.2, 0.25) is 0 Å². The van der Waals surface area contributed by atoms with Gasteiger partial charge in [-0.05, 0) is 96.3 Å². The summed E-state index contributed by atoms with van der Waals surface area (Å²) in [5.74, 6) is -0.922. The van der Waals surface area contributed by atoms with Gasteiger partial charge in [-0.3, -0.25) is 14.4 Å². The van der Waals surface area contributed by atoms with Crippen LogP contribution in [-0.2, 0) is 28.6 Å². The molecule has 1 atom stereocenters. The Morgan fingerprint density at radius 1 is 0.356 bits per heavy atom. The van der Waals surface area contributed by atoms with Crippen LogP contribution in [0.1, 0.15) is 239 Å². The third-order valence-corrected chi connectivity index (χ3v) is 10.5. The summed E-state index contributed by atoms with van der Waals surface area (Å²) in [6.07, 6.45) is 57.7. The topological polar surface area (TPSA) is 78.9 Å². The number of unbranched alkanes of at least 4 members (excludes halogenated alkanes) is 23. The van der Waals surface area contributed by atoms with Crippen LogP contribution in [0.25, 0.3) is 0 Å². The Balaban J connectivity index is 4.42. The molecule has 0 aliphatic rings. The average Bonchev–Trinajstić information content (AvgIpc) is 3.23. The molecule has 340 valence electrons. The quantitative estimate of drug-likeness (QED) is 0.0263. The lowest BCUT2D eigenvalue weighted by Gasteiger charge is -2.18. The molecule has 0 aromatic rings. The van der Waals surface area contributed by atoms with E-state index >= 15 is 0 Å². The molecule has 0 aliphatic carbocycles. The molecule has 59 heavy (non-hydrogen) atoms. The van der Waals surface area contributed by atoms with E-state index in [1.54, 1.807) is 0 Å². The molecular weight excluding hydrogens is 733 g/mol. The van der Waals surface area contributed by atoms with Crippen LogP contribution in [0, 0.1) is 0 Å². The molecule has 0 saturated carbocycles. The van der Waals surface area contributed by atoms with Crippen LogP contribution in [0.3, 0.4) is 0 Å². The van der Waals surface area contributed by atoms with E-state index in [1.807, 2.05) is 0 Å². The molecule has 0 aromatic heterocycles. The Kier molecular flexibility index (Phi) is 45.4. The minimum atomic E-state index is -0.788. The highest BCUT2D eigenvalue weighted by Gasteiger charge is 2.19. The van der Waals surface area contributed by atoms with Crippen molar-refractivity contribution in [2.75, 3.05) is 13.2 Å². The number of carbonyl (C=O) groups excluding carboxylic acids is 3. The van der Waals surface area contributed by atoms with Gasteiger partial charge in [-0.2, -0.15) is 0 Å². The Morgan fingerprint density at radius 3 is 1.10 bits per heavy atom. The zero-order valence-electron chi connectivity index (χ0n) is 38.8. The van der Waals surface area contributed by atoms with Gasteiger partial charge in [-0.25, -0.2) is 0 Å². The van der Waals surface area contributed by atoms with Crippen molar-refractivity contribution in [2.24, 2.45) is 0 Å². The molecule has 0 aliphatic heterocycles. The van der Waals surface area contributed by atoms with Gasteiger partial charge >= 0.3 is 17.9 Å². The van der Waals surface area contributed by atoms with Gasteiger partial charge in [0.05, 0.1) is 0 Å². The fraction of sp³-hybridized carbons (Fsp3) is 0.755. The average molecular weight is 825 g/mol. The van der Waals surface area contributed by atoms with Crippen LogP contribution in [0.15, 0.2) is 60.8 Å². The van der Waals surface area contributed by atoms with Crippen molar-refractivity contribution >= 4 is 17.9 Å². The van der Waals surface area contributed by atoms with Crippen LogP contribution >= 0.6 is 0 Å². The third-order valence-electron chi connectivity index (χ3n) is 10.5. The lowest BCUT2D eigenvalue weighted by atomic mass is 10.1. The second kappa shape index (κ2) is 47.8. The minimum Gasteiger partial charge on any atom is -0.462 e. The van der Waals surface area contributed by atoms with Crippen molar-refractivity contribution in [3.63, 3.8) is 0 Å². The summed E-state index contributed by atoms with van der Waals surface area (Å²) in [6, 6.07) is 0. The monoisotopic (exact) mass is 825 g/mol. The van der Waals surface area contributed by atoms with E-state index in [4.69, 9.17) is 14.2 Å². The first-order valence-corrected chi connectivity index (χ1v) is 24.8. The number of esters is 3. The first kappa shape index (κ1) is 56.1. The Bertz CT molecular complexity index is 1090. The Labute approximate surface area is 364 Å². The summed E-state index contributed by atoms with van der Waals surface area (Å²) < 4.78 is 16.7. The molecule has 6 nitrogen and oxygen atoms in total. The summed E-state index contributed by atoms with van der Waals surface area (Å²) in [7, 11) is 0. The van der Waals surface area contributed by atoms with Gasteiger partial charge in [-0.1, -0.05) is 184 Å². The minimum absolute atomic E-state index is 0.0883. The largest absolute Gasteiger partial charge is 0.462 e. The summed E-state index contributed by atoms with van der Waals surface area (Å²) >= 11 is 0. The van der Waals surface area contributed by atoms with Crippen molar-refractivity contribution in [1.29, 1.82) is 0 Å². The highest BCUT2D eigenvalue weighted by atomic mass is 16.6. The fourth-order valence-electron chi connectivity index (χ4n) is 6.73. The zero-order chi connectivity index (χ0) is 43.0. The maximum atomic E-state index is 12.8. The van der Waals surface area contributed by atoms with E-state index in [2.05, 4.69) is 81.5 Å². The van der Waals surface area contributed by atoms with Crippen molar-refractivity contribution in [3.8, 4) is 0 Å². The van der Waals surface area contributed by atoms with E-state index < -0.39 is 6.10 Å². The van der Waals surface area contributed by atoms with Crippen LogP contribution in [-0.4, -0.2) is 37.2 Å². The maximum Gasteiger partial charge on any atom is 0.306 e. The molecule has 0 unspecified atom stereocenters. The fourth-order valence-corrected chi connectivity index (χ4v) is 6.73. The highest BCUT2D eigenvalue weighted by Crippen LogP contribution is 2.14. The van der Waals surface area contributed by atoms with E-state index in [-0.39, 0.29) is 31.1 Å². The molecule has 0 saturated heterocycles. The normalized spacial score (nSPS) is 12.5. The first-order valence-electron chi connectivity index (χ1n) is 24.8. The van der Waals surface area contributed by atoms with Gasteiger partial charge in [0.15, 0.2) is 6.10 Å². The van der Waals surface area contributed by atoms with E-state index in [0.29, 0.717) is 19.3 Å². The zero-order valence-corrected chi connectivity index (χ0v) is 38.8. The summed E-state index contributed by atoms with van der Waals surface area (Å²) in [4.78, 5) is 37.9. The van der Waals surface area contributed by atoms with E-state index in [1.165, 1.54) is 89.9 Å². The number of carbonyl (C=O) groups is 3. The second-order valence-corrected chi connectivity index (χ2v) is 16.3. The van der Waals surface area contributed by atoms with Crippen molar-refractivity contribution in [2.45, 2.75) is 245 Å². The Morgan fingerprint density at radius 2 is 0.678 bits per heavy atom. The van der Waals surface area contributed by atoms with Crippen molar-refractivity contribution in [1.82, 2.24) is 0 Å². The van der Waals surface area contributed by atoms with Gasteiger partial charge < -0.3 is 14.2 Å². The summed E-state index contributed by atoms with van der Waals surface area (Å²) in [5.41, 5.74) is 0. The van der Waals surface area contributed by atoms with Crippen LogP contribution < -0.4 is 0 Å². The SMILES string of the molecule is CC/C=C\C/C=C\C/C=C\CCCCCCCC(=O)O[C@@H](COC(=O)CCCCCCC/C=C\CCCC)COC(=O)CCCCCCC/C=C\CCCCCCCC. The third kappa shape index (κ3) is 46.0. The molecule has 0 fully saturated rings. The van der Waals surface area contributed by atoms with Crippen molar-refractivity contribution in [3.05, 3.63) is 60.8 Å². The predicted molar refractivity (Wildman–Crippen MR) is 251 cm³/mol. The molecule has 0 N–H and O–H groups in total. The molecule has 0 heterocycles. The number of allylic oxidation sites excluding steroid dienone is 10. The second-order valence-electron chi connectivity index (χ2n) is 16.3. The molecule has 6 heteroatoms. The van der Waals surface area contributed by atoms with Crippen LogP contribution in [0.4, 0.5) is 0 Å². The number of ether oxygens (including phenoxy) is 3. The molecule has 0 spiro atoms. The lowest BCUT2D eigenvalue weighted by Crippen LogP contribution is -2.30. The predicted octanol–water partition coefficient (Wildman–Crippen LogP) is 16.1.